The standard InChI is InChI=1S/C21H28N6O2S.HI/c1-4-20-26-25-15-27(20)10-9-22-21(24-14-17-6-5-11-30-17)23-13-16-7-8-18(28-2)19(12-16)29-3;/h5-8,11-12,15H,4,9-10,13-14H2,1-3H3,(H2,22,23,24);1H. The van der Waals surface area contributed by atoms with Crippen molar-refractivity contribution in [1.29, 1.82) is 0 Å². The van der Waals surface area contributed by atoms with Gasteiger partial charge in [0.25, 0.3) is 0 Å². The van der Waals surface area contributed by atoms with Crippen molar-refractivity contribution in [3.8, 4) is 11.5 Å². The SMILES string of the molecule is CCc1nncn1CCNC(=NCc1ccc(OC)c(OC)c1)NCc1cccs1.I. The number of hydrogen-bond donors (Lipinski definition) is 2. The molecule has 0 aliphatic carbocycles. The van der Waals surface area contributed by atoms with E-state index in [-0.39, 0.29) is 24.0 Å². The summed E-state index contributed by atoms with van der Waals surface area (Å²) >= 11 is 1.72. The number of hydrogen-bond acceptors (Lipinski definition) is 6. The van der Waals surface area contributed by atoms with Crippen molar-refractivity contribution in [1.82, 2.24) is 25.4 Å². The van der Waals surface area contributed by atoms with Gasteiger partial charge in [-0.15, -0.1) is 45.5 Å². The summed E-state index contributed by atoms with van der Waals surface area (Å²) in [5.74, 6) is 3.14. The molecule has 0 spiro atoms. The second kappa shape index (κ2) is 13.2. The third-order valence-corrected chi connectivity index (χ3v) is 5.41. The van der Waals surface area contributed by atoms with Gasteiger partial charge >= 0.3 is 0 Å². The number of halogens is 1. The number of guanidine groups is 1. The first-order valence-electron chi connectivity index (χ1n) is 9.85. The van der Waals surface area contributed by atoms with Crippen molar-refractivity contribution in [2.45, 2.75) is 33.0 Å². The highest BCUT2D eigenvalue weighted by atomic mass is 127. The van der Waals surface area contributed by atoms with Crippen LogP contribution in [0.3, 0.4) is 0 Å². The molecule has 0 saturated heterocycles. The van der Waals surface area contributed by atoms with E-state index in [2.05, 4.69) is 43.8 Å². The number of nitrogens with zero attached hydrogens (tertiary/aromatic N) is 4. The summed E-state index contributed by atoms with van der Waals surface area (Å²) in [6.45, 7) is 4.81. The minimum absolute atomic E-state index is 0. The molecule has 2 N–H and O–H groups in total. The number of ether oxygens (including phenoxy) is 2. The molecule has 0 unspecified atom stereocenters. The minimum atomic E-state index is 0. The maximum absolute atomic E-state index is 5.39. The predicted molar refractivity (Wildman–Crippen MR) is 135 cm³/mol. The maximum atomic E-state index is 5.39. The number of benzene rings is 1. The molecule has 0 aliphatic heterocycles. The zero-order valence-electron chi connectivity index (χ0n) is 18.0. The van der Waals surface area contributed by atoms with E-state index >= 15 is 0 Å². The van der Waals surface area contributed by atoms with Gasteiger partial charge in [0.2, 0.25) is 0 Å². The Balaban J connectivity index is 0.00000341. The van der Waals surface area contributed by atoms with Crippen LogP contribution in [0.25, 0.3) is 0 Å². The summed E-state index contributed by atoms with van der Waals surface area (Å²) in [7, 11) is 3.27. The Bertz CT molecular complexity index is 945. The maximum Gasteiger partial charge on any atom is 0.191 e. The van der Waals surface area contributed by atoms with E-state index in [0.29, 0.717) is 24.6 Å². The van der Waals surface area contributed by atoms with Crippen LogP contribution >= 0.6 is 35.3 Å². The Labute approximate surface area is 204 Å². The molecule has 0 saturated carbocycles. The Morgan fingerprint density at radius 1 is 1.16 bits per heavy atom. The Morgan fingerprint density at radius 2 is 2.00 bits per heavy atom. The number of aromatic nitrogens is 3. The van der Waals surface area contributed by atoms with Gasteiger partial charge in [-0.2, -0.15) is 0 Å². The lowest BCUT2D eigenvalue weighted by Crippen LogP contribution is -2.38. The van der Waals surface area contributed by atoms with Crippen LogP contribution in [0.15, 0.2) is 47.0 Å². The lowest BCUT2D eigenvalue weighted by atomic mass is 10.2. The first-order valence-corrected chi connectivity index (χ1v) is 10.7. The molecule has 10 heteroatoms. The van der Waals surface area contributed by atoms with E-state index in [1.54, 1.807) is 31.9 Å². The summed E-state index contributed by atoms with van der Waals surface area (Å²) in [5, 5.41) is 17.0. The lowest BCUT2D eigenvalue weighted by Gasteiger charge is -2.13. The molecule has 0 aliphatic rings. The number of methoxy groups -OCH3 is 2. The highest BCUT2D eigenvalue weighted by molar-refractivity contribution is 14.0. The highest BCUT2D eigenvalue weighted by Crippen LogP contribution is 2.27. The average Bonchev–Trinajstić information content (AvgIpc) is 3.46. The van der Waals surface area contributed by atoms with E-state index < -0.39 is 0 Å². The van der Waals surface area contributed by atoms with Crippen LogP contribution in [-0.4, -0.2) is 41.5 Å². The van der Waals surface area contributed by atoms with Gasteiger partial charge in [-0.1, -0.05) is 19.1 Å². The zero-order valence-corrected chi connectivity index (χ0v) is 21.1. The number of aryl methyl sites for hydroxylation is 1. The van der Waals surface area contributed by atoms with Gasteiger partial charge < -0.3 is 24.7 Å². The van der Waals surface area contributed by atoms with Gasteiger partial charge in [-0.3, -0.25) is 0 Å². The molecular weight excluding hydrogens is 527 g/mol. The van der Waals surface area contributed by atoms with Crippen LogP contribution in [-0.2, 0) is 26.1 Å². The zero-order chi connectivity index (χ0) is 21.2. The molecule has 2 heterocycles. The topological polar surface area (TPSA) is 85.6 Å². The third kappa shape index (κ3) is 7.39. The van der Waals surface area contributed by atoms with Gasteiger partial charge in [0.15, 0.2) is 17.5 Å². The van der Waals surface area contributed by atoms with Crippen LogP contribution in [0.1, 0.15) is 23.2 Å². The number of rotatable bonds is 10. The van der Waals surface area contributed by atoms with Crippen molar-refractivity contribution >= 4 is 41.3 Å². The van der Waals surface area contributed by atoms with Crippen molar-refractivity contribution in [3.05, 3.63) is 58.3 Å². The predicted octanol–water partition coefficient (Wildman–Crippen LogP) is 3.47. The number of aliphatic imine (C=N–C) groups is 1. The van der Waals surface area contributed by atoms with Gasteiger partial charge in [-0.05, 0) is 29.1 Å². The van der Waals surface area contributed by atoms with E-state index in [0.717, 1.165) is 36.9 Å². The molecule has 168 valence electrons. The van der Waals surface area contributed by atoms with Crippen LogP contribution in [0.4, 0.5) is 0 Å². The summed E-state index contributed by atoms with van der Waals surface area (Å²) in [4.78, 5) is 6.00. The van der Waals surface area contributed by atoms with Gasteiger partial charge in [-0.25, -0.2) is 4.99 Å². The summed E-state index contributed by atoms with van der Waals surface area (Å²) < 4.78 is 12.8. The normalized spacial score (nSPS) is 11.0. The van der Waals surface area contributed by atoms with Gasteiger partial charge in [0.05, 0.1) is 27.3 Å². The van der Waals surface area contributed by atoms with Crippen LogP contribution in [0.5, 0.6) is 11.5 Å². The fraction of sp³-hybridized carbons (Fsp3) is 0.381. The van der Waals surface area contributed by atoms with Gasteiger partial charge in [0, 0.05) is 24.4 Å². The first-order chi connectivity index (χ1) is 14.7. The third-order valence-electron chi connectivity index (χ3n) is 4.53. The molecular formula is C21H29IN6O2S. The quantitative estimate of drug-likeness (QED) is 0.226. The molecule has 1 aromatic carbocycles. The Hall–Kier alpha value is -2.34. The molecule has 31 heavy (non-hydrogen) atoms. The highest BCUT2D eigenvalue weighted by Gasteiger charge is 2.06. The largest absolute Gasteiger partial charge is 0.493 e. The van der Waals surface area contributed by atoms with E-state index in [1.165, 1.54) is 4.88 Å². The second-order valence-electron chi connectivity index (χ2n) is 6.51. The summed E-state index contributed by atoms with van der Waals surface area (Å²) in [5.41, 5.74) is 1.04. The fourth-order valence-electron chi connectivity index (χ4n) is 2.94. The molecule has 0 atom stereocenters. The molecule has 8 nitrogen and oxygen atoms in total. The molecule has 3 rings (SSSR count). The molecule has 0 fully saturated rings. The van der Waals surface area contributed by atoms with Gasteiger partial charge in [0.1, 0.15) is 12.2 Å². The van der Waals surface area contributed by atoms with Crippen molar-refractivity contribution in [3.63, 3.8) is 0 Å². The van der Waals surface area contributed by atoms with E-state index in [1.807, 2.05) is 24.3 Å². The summed E-state index contributed by atoms with van der Waals surface area (Å²) in [6, 6.07) is 9.99. The molecule has 0 bridgehead atoms. The second-order valence-corrected chi connectivity index (χ2v) is 7.54. The Morgan fingerprint density at radius 3 is 2.71 bits per heavy atom. The van der Waals surface area contributed by atoms with Crippen molar-refractivity contribution in [2.75, 3.05) is 20.8 Å². The van der Waals surface area contributed by atoms with Crippen molar-refractivity contribution < 1.29 is 9.47 Å². The van der Waals surface area contributed by atoms with Crippen LogP contribution < -0.4 is 20.1 Å². The Kier molecular flexibility index (Phi) is 10.6. The lowest BCUT2D eigenvalue weighted by molar-refractivity contribution is 0.354. The van der Waals surface area contributed by atoms with E-state index in [9.17, 15) is 0 Å². The summed E-state index contributed by atoms with van der Waals surface area (Å²) in [6.07, 6.45) is 2.62. The van der Waals surface area contributed by atoms with Crippen LogP contribution in [0.2, 0.25) is 0 Å². The first kappa shape index (κ1) is 24.9. The smallest absolute Gasteiger partial charge is 0.191 e. The van der Waals surface area contributed by atoms with E-state index in [4.69, 9.17) is 14.5 Å². The fourth-order valence-corrected chi connectivity index (χ4v) is 3.59. The average molecular weight is 556 g/mol. The number of thiophene rings is 1. The van der Waals surface area contributed by atoms with Crippen molar-refractivity contribution in [2.24, 2.45) is 4.99 Å². The molecule has 3 aromatic rings. The molecule has 0 radical (unpaired) electrons. The molecule has 0 amide bonds. The molecule has 2 aromatic heterocycles. The number of nitrogens with one attached hydrogen (secondary N) is 2. The minimum Gasteiger partial charge on any atom is -0.493 e. The van der Waals surface area contributed by atoms with Crippen LogP contribution in [0, 0.1) is 0 Å². The monoisotopic (exact) mass is 556 g/mol.